The van der Waals surface area contributed by atoms with E-state index in [1.54, 1.807) is 0 Å². The van der Waals surface area contributed by atoms with E-state index < -0.39 is 0 Å². The second-order valence-corrected chi connectivity index (χ2v) is 5.45. The van der Waals surface area contributed by atoms with Crippen molar-refractivity contribution in [1.82, 2.24) is 0 Å². The maximum Gasteiger partial charge on any atom is 0.306 e. The molecule has 2 atom stereocenters. The van der Waals surface area contributed by atoms with Gasteiger partial charge >= 0.3 is 5.97 Å². The highest BCUT2D eigenvalue weighted by Gasteiger charge is 2.15. The molecular formula is C17H27NO2. The number of ether oxygens (including phenoxy) is 1. The average Bonchev–Trinajstić information content (AvgIpc) is 2.39. The Morgan fingerprint density at radius 1 is 1.25 bits per heavy atom. The fraction of sp³-hybridized carbons (Fsp3) is 0.588. The molecular weight excluding hydrogens is 250 g/mol. The zero-order valence-electron chi connectivity index (χ0n) is 12.9. The van der Waals surface area contributed by atoms with Crippen LogP contribution in [0.3, 0.4) is 0 Å². The van der Waals surface area contributed by atoms with Gasteiger partial charge in [-0.2, -0.15) is 0 Å². The van der Waals surface area contributed by atoms with Gasteiger partial charge in [-0.05, 0) is 36.8 Å². The van der Waals surface area contributed by atoms with Crippen molar-refractivity contribution in [1.29, 1.82) is 0 Å². The molecule has 0 saturated heterocycles. The highest BCUT2D eigenvalue weighted by atomic mass is 16.5. The van der Waals surface area contributed by atoms with Gasteiger partial charge in [0.25, 0.3) is 0 Å². The number of esters is 1. The first-order valence-electron chi connectivity index (χ1n) is 7.56. The van der Waals surface area contributed by atoms with Crippen molar-refractivity contribution in [2.24, 2.45) is 11.7 Å². The first kappa shape index (κ1) is 16.7. The van der Waals surface area contributed by atoms with Crippen LogP contribution in [0.4, 0.5) is 0 Å². The molecule has 1 aromatic rings. The summed E-state index contributed by atoms with van der Waals surface area (Å²) >= 11 is 0. The number of rotatable bonds is 8. The van der Waals surface area contributed by atoms with Crippen LogP contribution < -0.4 is 5.73 Å². The van der Waals surface area contributed by atoms with Crippen LogP contribution in [0.15, 0.2) is 24.3 Å². The maximum absolute atomic E-state index is 11.4. The van der Waals surface area contributed by atoms with E-state index in [2.05, 4.69) is 31.2 Å². The van der Waals surface area contributed by atoms with E-state index in [1.807, 2.05) is 13.8 Å². The molecule has 112 valence electrons. The molecule has 0 aliphatic rings. The standard InChI is InChI=1S/C17H27NO2/c1-4-6-14-7-9-15(10-8-14)16(18)11-13(3)12-17(19)20-5-2/h7-10,13,16H,4-6,11-12,18H2,1-3H3. The van der Waals surface area contributed by atoms with Crippen molar-refractivity contribution in [2.45, 2.75) is 52.5 Å². The summed E-state index contributed by atoms with van der Waals surface area (Å²) in [5, 5.41) is 0. The van der Waals surface area contributed by atoms with Crippen molar-refractivity contribution >= 4 is 5.97 Å². The number of carbonyl (C=O) groups is 1. The number of hydrogen-bond donors (Lipinski definition) is 1. The Morgan fingerprint density at radius 2 is 1.90 bits per heavy atom. The van der Waals surface area contributed by atoms with Crippen LogP contribution in [0.5, 0.6) is 0 Å². The van der Waals surface area contributed by atoms with E-state index in [1.165, 1.54) is 5.56 Å². The Morgan fingerprint density at radius 3 is 2.45 bits per heavy atom. The Kier molecular flexibility index (Phi) is 7.31. The van der Waals surface area contributed by atoms with Crippen molar-refractivity contribution in [3.8, 4) is 0 Å². The second-order valence-electron chi connectivity index (χ2n) is 5.45. The third-order valence-electron chi connectivity index (χ3n) is 3.42. The molecule has 0 spiro atoms. The quantitative estimate of drug-likeness (QED) is 0.738. The fourth-order valence-electron chi connectivity index (χ4n) is 2.38. The number of nitrogens with two attached hydrogens (primary N) is 1. The normalized spacial score (nSPS) is 13.8. The largest absolute Gasteiger partial charge is 0.466 e. The van der Waals surface area contributed by atoms with Gasteiger partial charge in [0, 0.05) is 12.5 Å². The first-order chi connectivity index (χ1) is 9.56. The van der Waals surface area contributed by atoms with Gasteiger partial charge in [-0.3, -0.25) is 4.79 Å². The molecule has 0 aliphatic carbocycles. The highest BCUT2D eigenvalue weighted by Crippen LogP contribution is 2.22. The van der Waals surface area contributed by atoms with Gasteiger partial charge in [0.05, 0.1) is 6.61 Å². The predicted molar refractivity (Wildman–Crippen MR) is 82.4 cm³/mol. The zero-order valence-corrected chi connectivity index (χ0v) is 12.9. The molecule has 20 heavy (non-hydrogen) atoms. The average molecular weight is 277 g/mol. The summed E-state index contributed by atoms with van der Waals surface area (Å²) in [5.41, 5.74) is 8.71. The fourth-order valence-corrected chi connectivity index (χ4v) is 2.38. The third kappa shape index (κ3) is 5.74. The summed E-state index contributed by atoms with van der Waals surface area (Å²) in [6, 6.07) is 8.48. The van der Waals surface area contributed by atoms with Crippen LogP contribution in [0.2, 0.25) is 0 Å². The minimum atomic E-state index is -0.134. The van der Waals surface area contributed by atoms with Crippen molar-refractivity contribution in [3.05, 3.63) is 35.4 Å². The summed E-state index contributed by atoms with van der Waals surface area (Å²) in [5.74, 6) is 0.102. The number of aryl methyl sites for hydroxylation is 1. The van der Waals surface area contributed by atoms with Gasteiger partial charge in [-0.25, -0.2) is 0 Å². The summed E-state index contributed by atoms with van der Waals surface area (Å²) in [6.07, 6.45) is 3.50. The molecule has 0 amide bonds. The molecule has 0 bridgehead atoms. The molecule has 0 radical (unpaired) electrons. The summed E-state index contributed by atoms with van der Waals surface area (Å²) in [7, 11) is 0. The number of hydrogen-bond acceptors (Lipinski definition) is 3. The van der Waals surface area contributed by atoms with Crippen molar-refractivity contribution < 1.29 is 9.53 Å². The van der Waals surface area contributed by atoms with E-state index in [0.29, 0.717) is 13.0 Å². The summed E-state index contributed by atoms with van der Waals surface area (Å²) in [6.45, 7) is 6.49. The van der Waals surface area contributed by atoms with E-state index in [9.17, 15) is 4.79 Å². The molecule has 0 saturated carbocycles. The first-order valence-corrected chi connectivity index (χ1v) is 7.56. The molecule has 3 heteroatoms. The molecule has 1 aromatic carbocycles. The predicted octanol–water partition coefficient (Wildman–Crippen LogP) is 3.62. The van der Waals surface area contributed by atoms with Crippen LogP contribution >= 0.6 is 0 Å². The Hall–Kier alpha value is -1.35. The Bertz CT molecular complexity index is 400. The lowest BCUT2D eigenvalue weighted by Gasteiger charge is -2.17. The molecule has 0 aromatic heterocycles. The molecule has 3 nitrogen and oxygen atoms in total. The van der Waals surface area contributed by atoms with Crippen LogP contribution in [0.1, 0.15) is 57.2 Å². The van der Waals surface area contributed by atoms with Gasteiger partial charge in [-0.15, -0.1) is 0 Å². The zero-order chi connectivity index (χ0) is 15.0. The second kappa shape index (κ2) is 8.75. The molecule has 0 fully saturated rings. The monoisotopic (exact) mass is 277 g/mol. The lowest BCUT2D eigenvalue weighted by molar-refractivity contribution is -0.144. The van der Waals surface area contributed by atoms with Gasteiger partial charge in [0.2, 0.25) is 0 Å². The van der Waals surface area contributed by atoms with Gasteiger partial charge in [-0.1, -0.05) is 44.5 Å². The molecule has 1 rings (SSSR count). The number of carbonyl (C=O) groups excluding carboxylic acids is 1. The highest BCUT2D eigenvalue weighted by molar-refractivity contribution is 5.69. The van der Waals surface area contributed by atoms with E-state index in [4.69, 9.17) is 10.5 Å². The minimum Gasteiger partial charge on any atom is -0.466 e. The number of benzene rings is 1. The maximum atomic E-state index is 11.4. The summed E-state index contributed by atoms with van der Waals surface area (Å²) in [4.78, 5) is 11.4. The summed E-state index contributed by atoms with van der Waals surface area (Å²) < 4.78 is 4.96. The van der Waals surface area contributed by atoms with Crippen LogP contribution in [-0.2, 0) is 16.0 Å². The van der Waals surface area contributed by atoms with Crippen LogP contribution in [0, 0.1) is 5.92 Å². The van der Waals surface area contributed by atoms with E-state index >= 15 is 0 Å². The topological polar surface area (TPSA) is 52.3 Å². The van der Waals surface area contributed by atoms with Gasteiger partial charge < -0.3 is 10.5 Å². The lowest BCUT2D eigenvalue weighted by atomic mass is 9.93. The molecule has 2 unspecified atom stereocenters. The molecule has 0 aliphatic heterocycles. The minimum absolute atomic E-state index is 0.0184. The van der Waals surface area contributed by atoms with Gasteiger partial charge in [0.15, 0.2) is 0 Å². The molecule has 2 N–H and O–H groups in total. The smallest absolute Gasteiger partial charge is 0.306 e. The SMILES string of the molecule is CCCc1ccc(C(N)CC(C)CC(=O)OCC)cc1. The van der Waals surface area contributed by atoms with Crippen molar-refractivity contribution in [3.63, 3.8) is 0 Å². The van der Waals surface area contributed by atoms with Crippen LogP contribution in [-0.4, -0.2) is 12.6 Å². The van der Waals surface area contributed by atoms with E-state index in [-0.39, 0.29) is 17.9 Å². The Labute approximate surface area is 122 Å². The Balaban J connectivity index is 2.48. The third-order valence-corrected chi connectivity index (χ3v) is 3.42. The van der Waals surface area contributed by atoms with Crippen LogP contribution in [0.25, 0.3) is 0 Å². The van der Waals surface area contributed by atoms with Crippen molar-refractivity contribution in [2.75, 3.05) is 6.61 Å². The van der Waals surface area contributed by atoms with E-state index in [0.717, 1.165) is 24.8 Å². The van der Waals surface area contributed by atoms with Gasteiger partial charge in [0.1, 0.15) is 0 Å². The molecule has 0 heterocycles. The lowest BCUT2D eigenvalue weighted by Crippen LogP contribution is -2.17.